The van der Waals surface area contributed by atoms with E-state index in [4.69, 9.17) is 4.42 Å². The van der Waals surface area contributed by atoms with Crippen molar-refractivity contribution in [2.45, 2.75) is 17.5 Å². The summed E-state index contributed by atoms with van der Waals surface area (Å²) >= 11 is 1.70. The normalized spacial score (nSPS) is 13.2. The summed E-state index contributed by atoms with van der Waals surface area (Å²) in [5.74, 6) is 0.797. The maximum Gasteiger partial charge on any atom is 0.205 e. The van der Waals surface area contributed by atoms with Gasteiger partial charge in [-0.15, -0.1) is 0 Å². The Balaban J connectivity index is 2.20. The lowest BCUT2D eigenvalue weighted by Crippen LogP contribution is -2.21. The van der Waals surface area contributed by atoms with Crippen LogP contribution in [0.25, 0.3) is 5.88 Å². The molecule has 0 radical (unpaired) electrons. The first kappa shape index (κ1) is 11.3. The van der Waals surface area contributed by atoms with Crippen LogP contribution in [0.5, 0.6) is 0 Å². The monoisotopic (exact) mass is 237 g/mol. The van der Waals surface area contributed by atoms with Gasteiger partial charge in [0.2, 0.25) is 5.88 Å². The third kappa shape index (κ3) is 2.31. The van der Waals surface area contributed by atoms with Gasteiger partial charge in [-0.3, -0.25) is 9.47 Å². The topological polar surface area (TPSA) is 34.2 Å². The van der Waals surface area contributed by atoms with Crippen LogP contribution < -0.4 is 0 Å². The molecule has 2 heterocycles. The summed E-state index contributed by atoms with van der Waals surface area (Å²) in [6.07, 6.45) is 5.36. The molecule has 0 bridgehead atoms. The Labute approximate surface area is 99.3 Å². The number of imidazole rings is 1. The minimum absolute atomic E-state index is 0.371. The predicted octanol–water partition coefficient (Wildman–Crippen LogP) is 2.47. The molecule has 0 aromatic carbocycles. The molecule has 0 spiro atoms. The minimum Gasteiger partial charge on any atom is -0.448 e. The number of hydrogen-bond acceptors (Lipinski definition) is 4. The van der Waals surface area contributed by atoms with Crippen LogP contribution in [-0.2, 0) is 0 Å². The van der Waals surface area contributed by atoms with Gasteiger partial charge in [0.05, 0.1) is 11.6 Å². The van der Waals surface area contributed by atoms with Crippen molar-refractivity contribution in [1.82, 2.24) is 14.5 Å². The number of nitrogens with zero attached hydrogens (tertiary/aromatic N) is 3. The van der Waals surface area contributed by atoms with Gasteiger partial charge in [-0.25, -0.2) is 4.98 Å². The average Bonchev–Trinajstić information content (AvgIpc) is 2.85. The molecule has 2 aromatic rings. The molecule has 0 aliphatic heterocycles. The first-order valence-corrected chi connectivity index (χ1v) is 5.97. The van der Waals surface area contributed by atoms with Crippen molar-refractivity contribution in [3.63, 3.8) is 0 Å². The summed E-state index contributed by atoms with van der Waals surface area (Å²) in [5.41, 5.74) is 0. The molecule has 2 aromatic heterocycles. The van der Waals surface area contributed by atoms with Gasteiger partial charge in [-0.2, -0.15) is 0 Å². The van der Waals surface area contributed by atoms with Crippen molar-refractivity contribution in [3.8, 4) is 5.88 Å². The zero-order chi connectivity index (χ0) is 11.5. The van der Waals surface area contributed by atoms with Gasteiger partial charge in [0, 0.05) is 18.5 Å². The van der Waals surface area contributed by atoms with Crippen LogP contribution >= 0.6 is 11.8 Å². The molecule has 0 saturated carbocycles. The van der Waals surface area contributed by atoms with E-state index < -0.39 is 0 Å². The van der Waals surface area contributed by atoms with E-state index in [-0.39, 0.29) is 0 Å². The van der Waals surface area contributed by atoms with Crippen molar-refractivity contribution < 1.29 is 4.42 Å². The van der Waals surface area contributed by atoms with E-state index in [2.05, 4.69) is 30.9 Å². The molecule has 2 rings (SSSR count). The van der Waals surface area contributed by atoms with Crippen molar-refractivity contribution in [1.29, 1.82) is 0 Å². The van der Waals surface area contributed by atoms with Gasteiger partial charge < -0.3 is 4.42 Å². The fourth-order valence-electron chi connectivity index (χ4n) is 1.21. The summed E-state index contributed by atoms with van der Waals surface area (Å²) in [7, 11) is 4.11. The molecule has 4 nitrogen and oxygen atoms in total. The quantitative estimate of drug-likeness (QED) is 0.604. The van der Waals surface area contributed by atoms with Crippen molar-refractivity contribution >= 4 is 11.8 Å². The highest BCUT2D eigenvalue weighted by Gasteiger charge is 2.13. The van der Waals surface area contributed by atoms with E-state index in [1.54, 1.807) is 24.2 Å². The Morgan fingerprint density at radius 3 is 2.94 bits per heavy atom. The van der Waals surface area contributed by atoms with E-state index >= 15 is 0 Å². The lowest BCUT2D eigenvalue weighted by Gasteiger charge is -2.18. The van der Waals surface area contributed by atoms with Gasteiger partial charge in [0.15, 0.2) is 5.16 Å². The van der Waals surface area contributed by atoms with Crippen LogP contribution in [0.4, 0.5) is 0 Å². The SMILES string of the molecule is CC(Sc1nccn1-c1ccco1)N(C)C. The van der Waals surface area contributed by atoms with E-state index in [1.807, 2.05) is 22.9 Å². The summed E-state index contributed by atoms with van der Waals surface area (Å²) in [6.45, 7) is 2.14. The Hall–Kier alpha value is -1.20. The zero-order valence-electron chi connectivity index (χ0n) is 9.62. The van der Waals surface area contributed by atoms with Crippen LogP contribution in [-0.4, -0.2) is 33.9 Å². The molecule has 0 N–H and O–H groups in total. The predicted molar refractivity (Wildman–Crippen MR) is 64.8 cm³/mol. The summed E-state index contributed by atoms with van der Waals surface area (Å²) < 4.78 is 7.31. The fourth-order valence-corrected chi connectivity index (χ4v) is 2.11. The van der Waals surface area contributed by atoms with Gasteiger partial charge in [0.25, 0.3) is 0 Å². The molecular formula is C11H15N3OS. The molecule has 0 aliphatic rings. The van der Waals surface area contributed by atoms with E-state index in [1.165, 1.54) is 0 Å². The molecule has 0 aliphatic carbocycles. The first-order valence-electron chi connectivity index (χ1n) is 5.09. The highest BCUT2D eigenvalue weighted by atomic mass is 32.2. The summed E-state index contributed by atoms with van der Waals surface area (Å²) in [6, 6.07) is 3.80. The molecule has 0 fully saturated rings. The lowest BCUT2D eigenvalue weighted by molar-refractivity contribution is 0.401. The second kappa shape index (κ2) is 4.76. The van der Waals surface area contributed by atoms with Crippen LogP contribution in [0, 0.1) is 0 Å². The Morgan fingerprint density at radius 1 is 1.50 bits per heavy atom. The number of hydrogen-bond donors (Lipinski definition) is 0. The van der Waals surface area contributed by atoms with Crippen LogP contribution in [0.1, 0.15) is 6.92 Å². The molecule has 86 valence electrons. The van der Waals surface area contributed by atoms with E-state index in [0.29, 0.717) is 5.37 Å². The maximum atomic E-state index is 5.36. The highest BCUT2D eigenvalue weighted by molar-refractivity contribution is 7.99. The summed E-state index contributed by atoms with van der Waals surface area (Å²) in [4.78, 5) is 6.48. The minimum atomic E-state index is 0.371. The van der Waals surface area contributed by atoms with Gasteiger partial charge in [-0.05, 0) is 27.1 Å². The number of thioether (sulfide) groups is 1. The van der Waals surface area contributed by atoms with Crippen LogP contribution in [0.3, 0.4) is 0 Å². The lowest BCUT2D eigenvalue weighted by atomic mass is 10.6. The van der Waals surface area contributed by atoms with Crippen LogP contribution in [0.2, 0.25) is 0 Å². The average molecular weight is 237 g/mol. The Morgan fingerprint density at radius 2 is 2.31 bits per heavy atom. The first-order chi connectivity index (χ1) is 7.68. The molecule has 0 amide bonds. The van der Waals surface area contributed by atoms with Crippen molar-refractivity contribution in [3.05, 3.63) is 30.8 Å². The standard InChI is InChI=1S/C11H15N3OS/c1-9(13(2)3)16-11-12-6-7-14(11)10-5-4-8-15-10/h4-9H,1-3H3. The Bertz CT molecular complexity index is 436. The zero-order valence-corrected chi connectivity index (χ0v) is 10.4. The second-order valence-corrected chi connectivity index (χ2v) is 4.99. The second-order valence-electron chi connectivity index (χ2n) is 3.71. The largest absolute Gasteiger partial charge is 0.448 e. The molecule has 5 heteroatoms. The third-order valence-corrected chi connectivity index (χ3v) is 3.63. The van der Waals surface area contributed by atoms with E-state index in [9.17, 15) is 0 Å². The molecule has 16 heavy (non-hydrogen) atoms. The number of rotatable bonds is 4. The smallest absolute Gasteiger partial charge is 0.205 e. The number of furan rings is 1. The maximum absolute atomic E-state index is 5.36. The molecule has 0 saturated heterocycles. The summed E-state index contributed by atoms with van der Waals surface area (Å²) in [5, 5.41) is 1.31. The van der Waals surface area contributed by atoms with Crippen molar-refractivity contribution in [2.24, 2.45) is 0 Å². The fraction of sp³-hybridized carbons (Fsp3) is 0.364. The van der Waals surface area contributed by atoms with Gasteiger partial charge >= 0.3 is 0 Å². The van der Waals surface area contributed by atoms with Crippen molar-refractivity contribution in [2.75, 3.05) is 14.1 Å². The Kier molecular flexibility index (Phi) is 3.36. The number of aromatic nitrogens is 2. The van der Waals surface area contributed by atoms with E-state index in [0.717, 1.165) is 11.0 Å². The van der Waals surface area contributed by atoms with Crippen LogP contribution in [0.15, 0.2) is 40.4 Å². The molecular weight excluding hydrogens is 222 g/mol. The third-order valence-electron chi connectivity index (χ3n) is 2.35. The molecule has 1 unspecified atom stereocenters. The van der Waals surface area contributed by atoms with Gasteiger partial charge in [-0.1, -0.05) is 11.8 Å². The highest BCUT2D eigenvalue weighted by Crippen LogP contribution is 2.25. The van der Waals surface area contributed by atoms with Gasteiger partial charge in [0.1, 0.15) is 0 Å². The molecule has 1 atom stereocenters.